The van der Waals surface area contributed by atoms with Crippen LogP contribution < -0.4 is 0 Å². The molecule has 12 atom stereocenters. The molecular weight excluding hydrogens is 827 g/mol. The maximum Gasteiger partial charge on any atom is 0.344 e. The molecule has 14 nitrogen and oxygen atoms in total. The Morgan fingerprint density at radius 2 is 1.77 bits per heavy atom. The van der Waals surface area contributed by atoms with Gasteiger partial charge in [0.2, 0.25) is 5.60 Å². The molecule has 1 saturated carbocycles. The van der Waals surface area contributed by atoms with Gasteiger partial charge < -0.3 is 39.0 Å². The molecule has 3 N–H and O–H groups in total. The van der Waals surface area contributed by atoms with Gasteiger partial charge in [-0.25, -0.2) is 4.79 Å². The number of likely N-dealkylation sites (tertiary alicyclic amines) is 1. The van der Waals surface area contributed by atoms with E-state index in [1.54, 1.807) is 7.11 Å². The maximum atomic E-state index is 15.6. The van der Waals surface area contributed by atoms with Crippen molar-refractivity contribution < 1.29 is 43.5 Å². The SMILES string of the molecule is CC[C@]1(O)C[C@H]2CN(CCc3c([nH]c4ccc(C#CCN(C)C)cc34)[C@@](C(=O)OC)(C3C=C4C(=CC3OC)N(C)[C@H]3[C@@](O)(C(=O)OC)[C@H](OC(C)=O)[C@]5(CC)C=CCN6CC[C@]43[C@@H]65)C2)C1. The molecule has 2 aromatic rings. The van der Waals surface area contributed by atoms with E-state index in [2.05, 4.69) is 63.1 Å². The normalized spacial score (nSPS) is 38.2. The number of esters is 3. The number of allylic oxidation sites excluding steroid dienone is 1. The van der Waals surface area contributed by atoms with E-state index in [0.29, 0.717) is 77.8 Å². The zero-order valence-electron chi connectivity index (χ0n) is 39.5. The van der Waals surface area contributed by atoms with Gasteiger partial charge in [0.05, 0.1) is 38.5 Å². The van der Waals surface area contributed by atoms with E-state index >= 15 is 4.79 Å². The zero-order valence-corrected chi connectivity index (χ0v) is 39.5. The topological polar surface area (TPSA) is 157 Å². The first-order chi connectivity index (χ1) is 31.0. The molecule has 3 saturated heterocycles. The number of ether oxygens (including phenoxy) is 4. The predicted octanol–water partition coefficient (Wildman–Crippen LogP) is 3.55. The molecule has 7 aliphatic rings. The minimum Gasteiger partial charge on any atom is -0.468 e. The van der Waals surface area contributed by atoms with Crippen LogP contribution in [0.5, 0.6) is 0 Å². The van der Waals surface area contributed by atoms with Gasteiger partial charge in [-0.1, -0.05) is 43.9 Å². The van der Waals surface area contributed by atoms with Crippen molar-refractivity contribution in [3.05, 3.63) is 70.6 Å². The third-order valence-electron chi connectivity index (χ3n) is 16.7. The lowest BCUT2D eigenvalue weighted by atomic mass is 9.47. The van der Waals surface area contributed by atoms with Crippen molar-refractivity contribution in [2.75, 3.05) is 81.7 Å². The fourth-order valence-electron chi connectivity index (χ4n) is 14.4. The predicted molar refractivity (Wildman–Crippen MR) is 244 cm³/mol. The lowest BCUT2D eigenvalue weighted by molar-refractivity contribution is -0.243. The Balaban J connectivity index is 1.32. The lowest BCUT2D eigenvalue weighted by Gasteiger charge is -2.63. The first-order valence-corrected chi connectivity index (χ1v) is 23.4. The number of benzene rings is 1. The largest absolute Gasteiger partial charge is 0.468 e. The number of fused-ring (bicyclic) bond motifs is 6. The van der Waals surface area contributed by atoms with Crippen LogP contribution in [-0.4, -0.2) is 170 Å². The van der Waals surface area contributed by atoms with Crippen LogP contribution in [0.25, 0.3) is 10.9 Å². The molecular formula is C51H67N5O9. The van der Waals surface area contributed by atoms with E-state index < -0.39 is 69.5 Å². The van der Waals surface area contributed by atoms with Gasteiger partial charge in [-0.3, -0.25) is 24.3 Å². The van der Waals surface area contributed by atoms with Crippen LogP contribution in [0.15, 0.2) is 53.8 Å². The second-order valence-electron chi connectivity index (χ2n) is 20.3. The van der Waals surface area contributed by atoms with Gasteiger partial charge in [-0.2, -0.15) is 0 Å². The van der Waals surface area contributed by atoms with Crippen molar-refractivity contribution in [2.45, 2.75) is 100 Å². The molecule has 4 fully saturated rings. The summed E-state index contributed by atoms with van der Waals surface area (Å²) >= 11 is 0. The van der Waals surface area contributed by atoms with Gasteiger partial charge in [-0.15, -0.1) is 0 Å². The molecule has 0 amide bonds. The molecule has 1 aromatic heterocycles. The van der Waals surface area contributed by atoms with E-state index in [9.17, 15) is 19.8 Å². The average Bonchev–Trinajstić information content (AvgIpc) is 3.95. The number of aliphatic hydroxyl groups is 2. The fraction of sp³-hybridized carbons (Fsp3) is 0.627. The van der Waals surface area contributed by atoms with Gasteiger partial charge in [0.25, 0.3) is 0 Å². The number of likely N-dealkylation sites (N-methyl/N-ethyl adjacent to an activating group) is 1. The van der Waals surface area contributed by atoms with E-state index in [1.165, 1.54) is 21.1 Å². The minimum absolute atomic E-state index is 0.0992. The second-order valence-corrected chi connectivity index (χ2v) is 20.3. The van der Waals surface area contributed by atoms with Crippen LogP contribution in [0.1, 0.15) is 69.7 Å². The monoisotopic (exact) mass is 893 g/mol. The Labute approximate surface area is 382 Å². The first kappa shape index (κ1) is 45.7. The van der Waals surface area contributed by atoms with Crippen molar-refractivity contribution in [1.29, 1.82) is 0 Å². The van der Waals surface area contributed by atoms with Crippen molar-refractivity contribution in [1.82, 2.24) is 24.6 Å². The molecule has 1 spiro atoms. The Bertz CT molecular complexity index is 2430. The summed E-state index contributed by atoms with van der Waals surface area (Å²) in [5, 5.41) is 26.5. The van der Waals surface area contributed by atoms with Gasteiger partial charge in [0, 0.05) is 97.9 Å². The number of methoxy groups -OCH3 is 3. The smallest absolute Gasteiger partial charge is 0.344 e. The quantitative estimate of drug-likeness (QED) is 0.153. The van der Waals surface area contributed by atoms with Crippen molar-refractivity contribution in [3.63, 3.8) is 0 Å². The summed E-state index contributed by atoms with van der Waals surface area (Å²) in [6, 6.07) is 4.97. The van der Waals surface area contributed by atoms with Crippen molar-refractivity contribution in [3.8, 4) is 11.8 Å². The number of aromatic amines is 1. The maximum absolute atomic E-state index is 15.6. The van der Waals surface area contributed by atoms with Crippen LogP contribution in [0.4, 0.5) is 0 Å². The highest BCUT2D eigenvalue weighted by Gasteiger charge is 2.81. The molecule has 1 aromatic carbocycles. The summed E-state index contributed by atoms with van der Waals surface area (Å²) in [5.41, 5.74) is -1.25. The summed E-state index contributed by atoms with van der Waals surface area (Å²) in [5.74, 6) is 4.00. The van der Waals surface area contributed by atoms with Gasteiger partial charge >= 0.3 is 17.9 Å². The molecule has 350 valence electrons. The molecule has 9 rings (SSSR count). The molecule has 6 heterocycles. The summed E-state index contributed by atoms with van der Waals surface area (Å²) < 4.78 is 24.3. The van der Waals surface area contributed by atoms with Gasteiger partial charge in [0.1, 0.15) is 5.41 Å². The number of nitrogens with one attached hydrogen (secondary N) is 1. The van der Waals surface area contributed by atoms with Gasteiger partial charge in [0.15, 0.2) is 6.10 Å². The third kappa shape index (κ3) is 6.54. The number of nitrogens with zero attached hydrogens (tertiary/aromatic N) is 4. The van der Waals surface area contributed by atoms with Crippen LogP contribution in [0.3, 0.4) is 0 Å². The molecule has 3 unspecified atom stereocenters. The Hall–Kier alpha value is -4.49. The second kappa shape index (κ2) is 16.4. The number of rotatable bonds is 8. The highest BCUT2D eigenvalue weighted by molar-refractivity contribution is 5.92. The number of carbonyl (C=O) groups excluding carboxylic acids is 3. The Kier molecular flexibility index (Phi) is 11.5. The number of carbonyl (C=O) groups is 3. The summed E-state index contributed by atoms with van der Waals surface area (Å²) in [7, 11) is 10.2. The number of piperidine rings is 1. The number of aromatic nitrogens is 1. The Morgan fingerprint density at radius 3 is 2.45 bits per heavy atom. The van der Waals surface area contributed by atoms with E-state index in [0.717, 1.165) is 39.0 Å². The third-order valence-corrected chi connectivity index (χ3v) is 16.7. The standard InChI is InChI=1S/C51H67N5O9/c1-10-47(60)27-33-28-50(45(58)63-8,41-34(17-22-55(29-33)30-47)35-24-32(14-12-20-53(4)5)15-16-38(35)52-41)37-25-36-39(26-40(37)62-7)54(6)43-49(36)19-23-56-21-13-18-48(11-2,42(49)56)44(65-31(3)57)51(43,61)46(59)64-9/h13,15-16,18,24-26,33,37,40,42-44,52,60-61H,10-11,17,19-23,27-30H2,1-9H3/t33-,37?,40?,42+,43-,44-,47+,48-,49-,50+,51+/m1/s1. The number of hydrogen-bond acceptors (Lipinski definition) is 13. The molecule has 2 bridgehead atoms. The van der Waals surface area contributed by atoms with E-state index in [4.69, 9.17) is 18.9 Å². The first-order valence-electron chi connectivity index (χ1n) is 23.4. The molecule has 2 aliphatic carbocycles. The van der Waals surface area contributed by atoms with E-state index in [-0.39, 0.29) is 12.0 Å². The lowest BCUT2D eigenvalue weighted by Crippen LogP contribution is -2.79. The molecule has 14 heteroatoms. The minimum atomic E-state index is -2.30. The van der Waals surface area contributed by atoms with Crippen LogP contribution in [0, 0.1) is 34.5 Å². The van der Waals surface area contributed by atoms with Crippen LogP contribution >= 0.6 is 0 Å². The summed E-state index contributed by atoms with van der Waals surface area (Å²) in [4.78, 5) is 55.8. The highest BCUT2D eigenvalue weighted by Crippen LogP contribution is 2.70. The number of hydrogen-bond donors (Lipinski definition) is 3. The molecule has 5 aliphatic heterocycles. The molecule has 65 heavy (non-hydrogen) atoms. The summed E-state index contributed by atoms with van der Waals surface area (Å²) in [6.07, 6.45) is 9.56. The average molecular weight is 894 g/mol. The highest BCUT2D eigenvalue weighted by atomic mass is 16.6. The van der Waals surface area contributed by atoms with Crippen molar-refractivity contribution in [2.24, 2.45) is 22.7 Å². The van der Waals surface area contributed by atoms with Crippen LogP contribution in [-0.2, 0) is 45.2 Å². The number of H-pyrrole nitrogens is 1. The van der Waals surface area contributed by atoms with Crippen LogP contribution in [0.2, 0.25) is 0 Å². The summed E-state index contributed by atoms with van der Waals surface area (Å²) in [6.45, 7) is 9.22. The molecule has 0 radical (unpaired) electrons. The Morgan fingerprint density at radius 1 is 1.00 bits per heavy atom. The zero-order chi connectivity index (χ0) is 46.4. The van der Waals surface area contributed by atoms with Crippen molar-refractivity contribution >= 4 is 28.8 Å². The fourth-order valence-corrected chi connectivity index (χ4v) is 14.4. The van der Waals surface area contributed by atoms with E-state index in [1.807, 2.05) is 50.9 Å². The van der Waals surface area contributed by atoms with Gasteiger partial charge in [-0.05, 0) is 100 Å².